The van der Waals surface area contributed by atoms with E-state index in [9.17, 15) is 14.7 Å². The summed E-state index contributed by atoms with van der Waals surface area (Å²) in [6.07, 6.45) is 3.97. The van der Waals surface area contributed by atoms with Crippen LogP contribution in [0.15, 0.2) is 21.5 Å². The van der Waals surface area contributed by atoms with E-state index in [-0.39, 0.29) is 35.7 Å². The molecule has 0 aliphatic heterocycles. The minimum atomic E-state index is -0.895. The van der Waals surface area contributed by atoms with E-state index in [1.54, 1.807) is 18.3 Å². The van der Waals surface area contributed by atoms with E-state index in [1.807, 2.05) is 6.92 Å². The summed E-state index contributed by atoms with van der Waals surface area (Å²) in [6.45, 7) is 3.76. The summed E-state index contributed by atoms with van der Waals surface area (Å²) in [7, 11) is 0. The lowest BCUT2D eigenvalue weighted by atomic mass is 9.63. The van der Waals surface area contributed by atoms with Crippen LogP contribution in [0, 0.1) is 5.92 Å². The number of aliphatic hydroxyl groups excluding tert-OH is 1. The third-order valence-corrected chi connectivity index (χ3v) is 9.01. The molecule has 0 amide bonds. The van der Waals surface area contributed by atoms with Crippen LogP contribution in [0.1, 0.15) is 77.9 Å². The molecule has 2 aromatic heterocycles. The maximum Gasteiger partial charge on any atom is 0.325 e. The van der Waals surface area contributed by atoms with Gasteiger partial charge in [0.15, 0.2) is 0 Å². The van der Waals surface area contributed by atoms with Gasteiger partial charge >= 0.3 is 5.69 Å². The van der Waals surface area contributed by atoms with Crippen LogP contribution >= 0.6 is 11.3 Å². The molecular weight excluding hydrogens is 417 g/mol. The van der Waals surface area contributed by atoms with Crippen LogP contribution in [-0.4, -0.2) is 27.7 Å². The average Bonchev–Trinajstić information content (AvgIpc) is 3.49. The number of halogens is 1. The summed E-state index contributed by atoms with van der Waals surface area (Å²) in [6, 6.07) is 2.08. The molecule has 1 fully saturated rings. The van der Waals surface area contributed by atoms with Gasteiger partial charge in [-0.25, -0.2) is 9.18 Å². The fourth-order valence-corrected chi connectivity index (χ4v) is 7.62. The summed E-state index contributed by atoms with van der Waals surface area (Å²) in [5.74, 6) is -0.558. The first-order valence-corrected chi connectivity index (χ1v) is 11.9. The second kappa shape index (κ2) is 7.25. The molecule has 0 bridgehead atoms. The Labute approximate surface area is 183 Å². The standard InChI is InChI=1S/C23H28FN3O3S/c1-10-18-19(26-22(30)27-21(18)29)11(2)23(20(10)24,12-6-7-12)17-8-14-13(15(28)9-25)4-3-5-16(14)31-17/h8,11-13,15,28H,3-7,9,25H2,1-2H3,(H2,26,27,29,30). The Morgan fingerprint density at radius 2 is 2.06 bits per heavy atom. The van der Waals surface area contributed by atoms with Crippen LogP contribution in [0.2, 0.25) is 0 Å². The highest BCUT2D eigenvalue weighted by molar-refractivity contribution is 7.12. The highest BCUT2D eigenvalue weighted by Gasteiger charge is 2.58. The molecule has 3 aliphatic rings. The minimum Gasteiger partial charge on any atom is -0.391 e. The number of aromatic nitrogens is 2. The van der Waals surface area contributed by atoms with Gasteiger partial charge in [-0.15, -0.1) is 11.3 Å². The van der Waals surface area contributed by atoms with E-state index < -0.39 is 22.8 Å². The Kier molecular flexibility index (Phi) is 4.88. The first-order chi connectivity index (χ1) is 14.8. The summed E-state index contributed by atoms with van der Waals surface area (Å²) in [4.78, 5) is 31.8. The Morgan fingerprint density at radius 3 is 2.74 bits per heavy atom. The molecule has 2 heterocycles. The number of hydrogen-bond donors (Lipinski definition) is 4. The molecule has 5 rings (SSSR count). The molecule has 166 valence electrons. The number of thiophene rings is 1. The number of allylic oxidation sites excluding steroid dienone is 2. The number of aliphatic hydroxyl groups is 1. The molecule has 0 aromatic carbocycles. The molecule has 0 saturated heterocycles. The number of rotatable bonds is 4. The highest BCUT2D eigenvalue weighted by Crippen LogP contribution is 2.63. The molecule has 4 unspecified atom stereocenters. The van der Waals surface area contributed by atoms with Crippen LogP contribution in [0.3, 0.4) is 0 Å². The normalized spacial score (nSPS) is 28.9. The van der Waals surface area contributed by atoms with Gasteiger partial charge in [-0.05, 0) is 62.1 Å². The van der Waals surface area contributed by atoms with Gasteiger partial charge in [0, 0.05) is 33.8 Å². The third kappa shape index (κ3) is 2.88. The van der Waals surface area contributed by atoms with Gasteiger partial charge < -0.3 is 15.8 Å². The Morgan fingerprint density at radius 1 is 1.32 bits per heavy atom. The lowest BCUT2D eigenvalue weighted by Crippen LogP contribution is -2.42. The average molecular weight is 446 g/mol. The lowest BCUT2D eigenvalue weighted by molar-refractivity contribution is 0.142. The zero-order valence-corrected chi connectivity index (χ0v) is 18.6. The Balaban J connectivity index is 1.74. The van der Waals surface area contributed by atoms with Crippen molar-refractivity contribution in [3.05, 3.63) is 59.3 Å². The monoisotopic (exact) mass is 445 g/mol. The van der Waals surface area contributed by atoms with E-state index in [0.29, 0.717) is 11.3 Å². The van der Waals surface area contributed by atoms with Gasteiger partial charge in [0.1, 0.15) is 5.83 Å². The van der Waals surface area contributed by atoms with Crippen LogP contribution < -0.4 is 17.0 Å². The third-order valence-electron chi connectivity index (χ3n) is 7.65. The summed E-state index contributed by atoms with van der Waals surface area (Å²) in [5.41, 5.74) is 5.92. The van der Waals surface area contributed by atoms with Crippen LogP contribution in [0.4, 0.5) is 4.39 Å². The number of hydrogen-bond acceptors (Lipinski definition) is 5. The SMILES string of the molecule is CC1=C(F)C(c2cc3c(s2)CCCC3C(O)CN)(C2CC2)C(C)c2[nH]c(=O)[nH]c(=O)c21. The number of nitrogens with one attached hydrogen (secondary N) is 2. The summed E-state index contributed by atoms with van der Waals surface area (Å²) < 4.78 is 16.3. The molecule has 2 aromatic rings. The van der Waals surface area contributed by atoms with Gasteiger partial charge in [-0.2, -0.15) is 0 Å². The van der Waals surface area contributed by atoms with Crippen molar-refractivity contribution in [2.45, 2.75) is 69.3 Å². The van der Waals surface area contributed by atoms with E-state index in [2.05, 4.69) is 16.0 Å². The molecule has 4 atom stereocenters. The van der Waals surface area contributed by atoms with E-state index in [4.69, 9.17) is 5.73 Å². The van der Waals surface area contributed by atoms with E-state index >= 15 is 4.39 Å². The van der Waals surface area contributed by atoms with Gasteiger partial charge in [-0.1, -0.05) is 6.92 Å². The Bertz CT molecular complexity index is 1190. The fourth-order valence-electron chi connectivity index (χ4n) is 5.99. The lowest BCUT2D eigenvalue weighted by Gasteiger charge is -2.42. The zero-order valence-electron chi connectivity index (χ0n) is 17.8. The predicted octanol–water partition coefficient (Wildman–Crippen LogP) is 3.03. The second-order valence-corrected chi connectivity index (χ2v) is 10.4. The quantitative estimate of drug-likeness (QED) is 0.579. The maximum absolute atomic E-state index is 16.3. The highest BCUT2D eigenvalue weighted by atomic mass is 32.1. The van der Waals surface area contributed by atoms with Gasteiger partial charge in [-0.3, -0.25) is 9.78 Å². The van der Waals surface area contributed by atoms with E-state index in [0.717, 1.165) is 42.5 Å². The van der Waals surface area contributed by atoms with E-state index in [1.165, 1.54) is 4.88 Å². The molecule has 6 nitrogen and oxygen atoms in total. The van der Waals surface area contributed by atoms with Crippen LogP contribution in [0.5, 0.6) is 0 Å². The largest absolute Gasteiger partial charge is 0.391 e. The molecule has 8 heteroatoms. The summed E-state index contributed by atoms with van der Waals surface area (Å²) in [5, 5.41) is 10.5. The number of aromatic amines is 2. The zero-order chi connectivity index (χ0) is 22.1. The van der Waals surface area contributed by atoms with Crippen molar-refractivity contribution in [2.75, 3.05) is 6.54 Å². The van der Waals surface area contributed by atoms with Crippen molar-refractivity contribution < 1.29 is 9.50 Å². The number of fused-ring (bicyclic) bond motifs is 2. The molecule has 3 aliphatic carbocycles. The van der Waals surface area contributed by atoms with Crippen molar-refractivity contribution >= 4 is 16.9 Å². The molecule has 0 spiro atoms. The molecule has 1 saturated carbocycles. The minimum absolute atomic E-state index is 0.0306. The number of aryl methyl sites for hydroxylation is 1. The van der Waals surface area contributed by atoms with Gasteiger partial charge in [0.05, 0.1) is 17.1 Å². The Hall–Kier alpha value is -2.03. The molecule has 0 radical (unpaired) electrons. The van der Waals surface area contributed by atoms with Crippen molar-refractivity contribution in [1.29, 1.82) is 0 Å². The molecule has 31 heavy (non-hydrogen) atoms. The topological polar surface area (TPSA) is 112 Å². The molecular formula is C23H28FN3O3S. The predicted molar refractivity (Wildman–Crippen MR) is 119 cm³/mol. The smallest absolute Gasteiger partial charge is 0.325 e. The van der Waals surface area contributed by atoms with Crippen molar-refractivity contribution in [3.8, 4) is 0 Å². The van der Waals surface area contributed by atoms with Gasteiger partial charge in [0.2, 0.25) is 0 Å². The maximum atomic E-state index is 16.3. The van der Waals surface area contributed by atoms with Crippen LogP contribution in [-0.2, 0) is 11.8 Å². The van der Waals surface area contributed by atoms with Crippen LogP contribution in [0.25, 0.3) is 5.57 Å². The number of nitrogens with two attached hydrogens (primary N) is 1. The van der Waals surface area contributed by atoms with Gasteiger partial charge in [0.25, 0.3) is 5.56 Å². The fraction of sp³-hybridized carbons (Fsp3) is 0.565. The van der Waals surface area contributed by atoms with Crippen molar-refractivity contribution in [3.63, 3.8) is 0 Å². The molecule has 5 N–H and O–H groups in total. The number of H-pyrrole nitrogens is 2. The first kappa shape index (κ1) is 20.8. The second-order valence-electron chi connectivity index (χ2n) is 9.29. The first-order valence-electron chi connectivity index (χ1n) is 11.1. The summed E-state index contributed by atoms with van der Waals surface area (Å²) >= 11 is 1.63. The van der Waals surface area contributed by atoms with Crippen molar-refractivity contribution in [1.82, 2.24) is 9.97 Å². The van der Waals surface area contributed by atoms with Crippen molar-refractivity contribution in [2.24, 2.45) is 11.7 Å².